The Bertz CT molecular complexity index is 798. The highest BCUT2D eigenvalue weighted by Gasteiger charge is 2.30. The number of nitriles is 1. The summed E-state index contributed by atoms with van der Waals surface area (Å²) in [5, 5.41) is 12.8. The van der Waals surface area contributed by atoms with Crippen molar-refractivity contribution in [3.8, 4) is 6.07 Å². The maximum absolute atomic E-state index is 13.4. The van der Waals surface area contributed by atoms with E-state index in [1.807, 2.05) is 23.1 Å². The number of benzene rings is 1. The topological polar surface area (TPSA) is 85.7 Å². The van der Waals surface area contributed by atoms with E-state index < -0.39 is 12.0 Å². The minimum atomic E-state index is -0.608. The van der Waals surface area contributed by atoms with E-state index in [0.717, 1.165) is 32.4 Å². The minimum Gasteiger partial charge on any atom is -0.378 e. The molecule has 2 aliphatic rings. The molecule has 2 fully saturated rings. The quantitative estimate of drug-likeness (QED) is 0.538. The molecular weight excluding hydrogens is 428 g/mol. The van der Waals surface area contributed by atoms with Gasteiger partial charge in [0, 0.05) is 38.5 Å². The van der Waals surface area contributed by atoms with Crippen LogP contribution in [0.5, 0.6) is 0 Å². The molecule has 1 N–H and O–H groups in total. The number of rotatable bonds is 11. The van der Waals surface area contributed by atoms with Crippen LogP contribution in [0.3, 0.4) is 0 Å². The standard InChI is InChI=1S/C27H40N4O3/c1-2-30(20-23-11-7-4-8-12-23)21-25(19-28)29-27(33)24(17-22-9-5-3-6-10-22)18-26(32)31-13-15-34-16-14-31/h4,7-8,11-12,22,24-25H,2-3,5-6,9-10,13-18,20-21H2,1H3,(H,29,33)/t24-,25-/m1/s1. The first-order chi connectivity index (χ1) is 16.6. The van der Waals surface area contributed by atoms with Crippen molar-refractivity contribution in [3.63, 3.8) is 0 Å². The lowest BCUT2D eigenvalue weighted by atomic mass is 9.81. The van der Waals surface area contributed by atoms with Gasteiger partial charge in [0.1, 0.15) is 6.04 Å². The van der Waals surface area contributed by atoms with Crippen molar-refractivity contribution < 1.29 is 14.3 Å². The summed E-state index contributed by atoms with van der Waals surface area (Å²) in [5.74, 6) is -0.0484. The fourth-order valence-corrected chi connectivity index (χ4v) is 5.07. The number of ether oxygens (including phenoxy) is 1. The third-order valence-electron chi connectivity index (χ3n) is 7.11. The Morgan fingerprint density at radius 3 is 2.53 bits per heavy atom. The van der Waals surface area contributed by atoms with Gasteiger partial charge >= 0.3 is 0 Å². The molecule has 2 atom stereocenters. The van der Waals surface area contributed by atoms with Crippen molar-refractivity contribution in [2.45, 2.75) is 64.5 Å². The average molecular weight is 469 g/mol. The highest BCUT2D eigenvalue weighted by molar-refractivity contribution is 5.86. The molecule has 1 saturated carbocycles. The van der Waals surface area contributed by atoms with Gasteiger partial charge in [0.15, 0.2) is 0 Å². The lowest BCUT2D eigenvalue weighted by Crippen LogP contribution is -2.47. The number of amides is 2. The molecular formula is C27H40N4O3. The van der Waals surface area contributed by atoms with Gasteiger partial charge in [0.05, 0.1) is 19.3 Å². The molecule has 1 aliphatic carbocycles. The molecule has 34 heavy (non-hydrogen) atoms. The molecule has 0 aromatic heterocycles. The second-order valence-electron chi connectivity index (χ2n) is 9.64. The third kappa shape index (κ3) is 8.41. The van der Waals surface area contributed by atoms with E-state index in [9.17, 15) is 14.9 Å². The van der Waals surface area contributed by atoms with Crippen molar-refractivity contribution in [2.75, 3.05) is 39.4 Å². The lowest BCUT2D eigenvalue weighted by Gasteiger charge is -2.31. The van der Waals surface area contributed by atoms with Gasteiger partial charge < -0.3 is 15.0 Å². The lowest BCUT2D eigenvalue weighted by molar-refractivity contribution is -0.140. The number of nitrogens with one attached hydrogen (secondary N) is 1. The highest BCUT2D eigenvalue weighted by Crippen LogP contribution is 2.30. The fraction of sp³-hybridized carbons (Fsp3) is 0.667. The zero-order valence-electron chi connectivity index (χ0n) is 20.6. The molecule has 1 aliphatic heterocycles. The first-order valence-corrected chi connectivity index (χ1v) is 12.9. The molecule has 0 bridgehead atoms. The van der Waals surface area contributed by atoms with E-state index in [1.165, 1.54) is 24.8 Å². The SMILES string of the molecule is CCN(Cc1ccccc1)C[C@@H](C#N)NC(=O)[C@@H](CC(=O)N1CCOCC1)CC1CCCCC1. The normalized spacial score (nSPS) is 18.8. The third-order valence-corrected chi connectivity index (χ3v) is 7.11. The highest BCUT2D eigenvalue weighted by atomic mass is 16.5. The molecule has 7 nitrogen and oxygen atoms in total. The number of nitrogens with zero attached hydrogens (tertiary/aromatic N) is 3. The first kappa shape index (κ1) is 26.2. The van der Waals surface area contributed by atoms with E-state index in [1.54, 1.807) is 0 Å². The Morgan fingerprint density at radius 2 is 1.88 bits per heavy atom. The van der Waals surface area contributed by atoms with Crippen LogP contribution in [0.1, 0.15) is 57.4 Å². The van der Waals surface area contributed by atoms with Crippen LogP contribution in [-0.4, -0.2) is 67.0 Å². The second-order valence-corrected chi connectivity index (χ2v) is 9.64. The maximum Gasteiger partial charge on any atom is 0.224 e. The predicted molar refractivity (Wildman–Crippen MR) is 132 cm³/mol. The van der Waals surface area contributed by atoms with Crippen molar-refractivity contribution in [1.82, 2.24) is 15.1 Å². The van der Waals surface area contributed by atoms with Gasteiger partial charge in [-0.05, 0) is 24.4 Å². The predicted octanol–water partition coefficient (Wildman–Crippen LogP) is 3.35. The van der Waals surface area contributed by atoms with Crippen LogP contribution in [0.15, 0.2) is 30.3 Å². The van der Waals surface area contributed by atoms with Crippen LogP contribution in [0, 0.1) is 23.2 Å². The van der Waals surface area contributed by atoms with Crippen LogP contribution in [0.2, 0.25) is 0 Å². The molecule has 0 radical (unpaired) electrons. The second kappa shape index (κ2) is 14.1. The summed E-state index contributed by atoms with van der Waals surface area (Å²) >= 11 is 0. The molecule has 3 rings (SSSR count). The molecule has 186 valence electrons. The summed E-state index contributed by atoms with van der Waals surface area (Å²) in [6.45, 7) is 6.31. The number of hydrogen-bond donors (Lipinski definition) is 1. The zero-order chi connectivity index (χ0) is 24.2. The number of hydrogen-bond acceptors (Lipinski definition) is 5. The summed E-state index contributed by atoms with van der Waals surface area (Å²) in [6, 6.07) is 11.8. The molecule has 0 unspecified atom stereocenters. The van der Waals surface area contributed by atoms with Crippen molar-refractivity contribution >= 4 is 11.8 Å². The molecule has 2 amide bonds. The molecule has 0 spiro atoms. The number of carbonyl (C=O) groups excluding carboxylic acids is 2. The monoisotopic (exact) mass is 468 g/mol. The molecule has 7 heteroatoms. The molecule has 1 aromatic carbocycles. The molecule has 1 heterocycles. The molecule has 1 aromatic rings. The van der Waals surface area contributed by atoms with Gasteiger partial charge in [0.25, 0.3) is 0 Å². The number of carbonyl (C=O) groups is 2. The molecule has 1 saturated heterocycles. The Hall–Kier alpha value is -2.43. The van der Waals surface area contributed by atoms with Crippen LogP contribution in [0.25, 0.3) is 0 Å². The van der Waals surface area contributed by atoms with Gasteiger partial charge in [-0.3, -0.25) is 14.5 Å². The smallest absolute Gasteiger partial charge is 0.224 e. The van der Waals surface area contributed by atoms with Gasteiger partial charge in [0.2, 0.25) is 11.8 Å². The Kier molecular flexibility index (Phi) is 10.8. The Morgan fingerprint density at radius 1 is 1.18 bits per heavy atom. The van der Waals surface area contributed by atoms with Crippen LogP contribution in [0.4, 0.5) is 0 Å². The van der Waals surface area contributed by atoms with Crippen LogP contribution in [-0.2, 0) is 20.9 Å². The first-order valence-electron chi connectivity index (χ1n) is 12.9. The van der Waals surface area contributed by atoms with Crippen molar-refractivity contribution in [1.29, 1.82) is 5.26 Å². The van der Waals surface area contributed by atoms with E-state index in [0.29, 0.717) is 38.8 Å². The van der Waals surface area contributed by atoms with E-state index in [2.05, 4.69) is 35.3 Å². The zero-order valence-corrected chi connectivity index (χ0v) is 20.6. The summed E-state index contributed by atoms with van der Waals surface area (Å²) < 4.78 is 5.37. The van der Waals surface area contributed by atoms with Crippen LogP contribution < -0.4 is 5.32 Å². The number of likely N-dealkylation sites (N-methyl/N-ethyl adjacent to an activating group) is 1. The maximum atomic E-state index is 13.4. The summed E-state index contributed by atoms with van der Waals surface area (Å²) in [4.78, 5) is 30.3. The Labute approximate surface area is 204 Å². The summed E-state index contributed by atoms with van der Waals surface area (Å²) in [5.41, 5.74) is 1.18. The van der Waals surface area contributed by atoms with Crippen LogP contribution >= 0.6 is 0 Å². The summed E-state index contributed by atoms with van der Waals surface area (Å²) in [7, 11) is 0. The van der Waals surface area contributed by atoms with Gasteiger partial charge in [-0.25, -0.2) is 0 Å². The Balaban J connectivity index is 1.61. The average Bonchev–Trinajstić information content (AvgIpc) is 2.89. The number of morpholine rings is 1. The minimum absolute atomic E-state index is 0.0204. The van der Waals surface area contributed by atoms with Gasteiger partial charge in [-0.2, -0.15) is 5.26 Å². The van der Waals surface area contributed by atoms with E-state index >= 15 is 0 Å². The van der Waals surface area contributed by atoms with Gasteiger partial charge in [-0.1, -0.05) is 69.4 Å². The fourth-order valence-electron chi connectivity index (χ4n) is 5.07. The van der Waals surface area contributed by atoms with Crippen molar-refractivity contribution in [2.24, 2.45) is 11.8 Å². The van der Waals surface area contributed by atoms with Crippen molar-refractivity contribution in [3.05, 3.63) is 35.9 Å². The van der Waals surface area contributed by atoms with E-state index in [-0.39, 0.29) is 18.2 Å². The largest absolute Gasteiger partial charge is 0.378 e. The van der Waals surface area contributed by atoms with E-state index in [4.69, 9.17) is 4.74 Å². The summed E-state index contributed by atoms with van der Waals surface area (Å²) in [6.07, 6.45) is 6.83. The van der Waals surface area contributed by atoms with Gasteiger partial charge in [-0.15, -0.1) is 0 Å².